The molecule has 0 radical (unpaired) electrons. The topological polar surface area (TPSA) is 97.7 Å². The lowest BCUT2D eigenvalue weighted by Crippen LogP contribution is -2.42. The van der Waals surface area contributed by atoms with Crippen LogP contribution in [-0.2, 0) is 11.3 Å². The number of nitrogens with zero attached hydrogens (tertiary/aromatic N) is 2. The fraction of sp³-hybridized carbons (Fsp3) is 0.667. The van der Waals surface area contributed by atoms with E-state index in [-0.39, 0.29) is 0 Å². The first kappa shape index (κ1) is 15.5. The molecular weight excluding hydrogens is 246 g/mol. The Kier molecular flexibility index (Phi) is 6.91. The smallest absolute Gasteiger partial charge is 0.216 e. The minimum atomic E-state index is 0.354. The number of hydrazine groups is 1. The molecular formula is C12H23N5O2. The molecule has 0 amide bonds. The molecule has 7 nitrogen and oxygen atoms in total. The number of oxazole rings is 1. The molecule has 0 aromatic carbocycles. The number of hydrogen-bond acceptors (Lipinski definition) is 5. The standard InChI is InChI=1S/C12H23N5O2/c1-4-18-7-5-6-14-12(17-13)15-8-11-16-9(2)10(3)19-11/h4-8,13H2,1-3H3,(H2,14,15,17). The van der Waals surface area contributed by atoms with Crippen molar-refractivity contribution in [1.82, 2.24) is 15.7 Å². The Morgan fingerprint density at radius 2 is 2.26 bits per heavy atom. The Morgan fingerprint density at radius 1 is 1.47 bits per heavy atom. The number of aliphatic imine (C=N–C) groups is 1. The number of rotatable bonds is 7. The van der Waals surface area contributed by atoms with Crippen LogP contribution in [0.3, 0.4) is 0 Å². The molecule has 19 heavy (non-hydrogen) atoms. The van der Waals surface area contributed by atoms with Gasteiger partial charge in [0.1, 0.15) is 12.3 Å². The average molecular weight is 269 g/mol. The summed E-state index contributed by atoms with van der Waals surface area (Å²) >= 11 is 0. The third kappa shape index (κ3) is 5.71. The summed E-state index contributed by atoms with van der Waals surface area (Å²) < 4.78 is 10.7. The Labute approximate surface area is 113 Å². The molecule has 0 aliphatic heterocycles. The Hall–Kier alpha value is -1.60. The second-order valence-electron chi connectivity index (χ2n) is 4.04. The summed E-state index contributed by atoms with van der Waals surface area (Å²) in [6.07, 6.45) is 0.895. The first-order chi connectivity index (χ1) is 9.17. The highest BCUT2D eigenvalue weighted by Gasteiger charge is 2.04. The number of aryl methyl sites for hydroxylation is 2. The van der Waals surface area contributed by atoms with Crippen molar-refractivity contribution in [2.45, 2.75) is 33.7 Å². The maximum Gasteiger partial charge on any atom is 0.216 e. The van der Waals surface area contributed by atoms with Gasteiger partial charge < -0.3 is 14.5 Å². The molecule has 0 unspecified atom stereocenters. The minimum Gasteiger partial charge on any atom is -0.444 e. The van der Waals surface area contributed by atoms with Gasteiger partial charge in [0.25, 0.3) is 0 Å². The number of ether oxygens (including phenoxy) is 1. The van der Waals surface area contributed by atoms with Crippen LogP contribution in [0, 0.1) is 13.8 Å². The molecule has 1 heterocycles. The zero-order valence-electron chi connectivity index (χ0n) is 11.8. The summed E-state index contributed by atoms with van der Waals surface area (Å²) in [4.78, 5) is 8.50. The molecule has 0 aliphatic carbocycles. The van der Waals surface area contributed by atoms with Crippen molar-refractivity contribution in [2.75, 3.05) is 19.8 Å². The maximum absolute atomic E-state index is 5.43. The highest BCUT2D eigenvalue weighted by atomic mass is 16.5. The van der Waals surface area contributed by atoms with E-state index in [1.807, 2.05) is 20.8 Å². The zero-order valence-corrected chi connectivity index (χ0v) is 11.8. The number of nitrogens with two attached hydrogens (primary N) is 1. The lowest BCUT2D eigenvalue weighted by molar-refractivity contribution is 0.145. The van der Waals surface area contributed by atoms with E-state index in [0.717, 1.165) is 37.6 Å². The fourth-order valence-corrected chi connectivity index (χ4v) is 1.43. The molecule has 0 saturated heterocycles. The highest BCUT2D eigenvalue weighted by molar-refractivity contribution is 5.79. The van der Waals surface area contributed by atoms with Crippen molar-refractivity contribution in [3.63, 3.8) is 0 Å². The molecule has 0 atom stereocenters. The third-order valence-electron chi connectivity index (χ3n) is 2.54. The summed E-state index contributed by atoms with van der Waals surface area (Å²) in [5, 5.41) is 3.08. The number of hydrogen-bond donors (Lipinski definition) is 3. The molecule has 0 aliphatic rings. The minimum absolute atomic E-state index is 0.354. The van der Waals surface area contributed by atoms with Crippen LogP contribution in [-0.4, -0.2) is 30.7 Å². The normalized spacial score (nSPS) is 11.7. The van der Waals surface area contributed by atoms with Gasteiger partial charge in [-0.05, 0) is 27.2 Å². The van der Waals surface area contributed by atoms with Crippen LogP contribution in [0.4, 0.5) is 0 Å². The van der Waals surface area contributed by atoms with Gasteiger partial charge in [0.2, 0.25) is 11.9 Å². The molecule has 7 heteroatoms. The zero-order chi connectivity index (χ0) is 14.1. The molecule has 1 rings (SSSR count). The third-order valence-corrected chi connectivity index (χ3v) is 2.54. The van der Waals surface area contributed by atoms with E-state index in [1.165, 1.54) is 0 Å². The van der Waals surface area contributed by atoms with Crippen molar-refractivity contribution < 1.29 is 9.15 Å². The second kappa shape index (κ2) is 8.49. The molecule has 0 bridgehead atoms. The molecule has 4 N–H and O–H groups in total. The van der Waals surface area contributed by atoms with Crippen molar-refractivity contribution in [3.8, 4) is 0 Å². The average Bonchev–Trinajstić information content (AvgIpc) is 2.72. The molecule has 0 spiro atoms. The summed E-state index contributed by atoms with van der Waals surface area (Å²) in [7, 11) is 0. The van der Waals surface area contributed by atoms with Gasteiger partial charge in [-0.25, -0.2) is 15.8 Å². The van der Waals surface area contributed by atoms with Gasteiger partial charge in [-0.3, -0.25) is 5.43 Å². The first-order valence-electron chi connectivity index (χ1n) is 6.43. The van der Waals surface area contributed by atoms with Crippen LogP contribution in [0.2, 0.25) is 0 Å². The number of guanidine groups is 1. The second-order valence-corrected chi connectivity index (χ2v) is 4.04. The van der Waals surface area contributed by atoms with E-state index in [0.29, 0.717) is 18.4 Å². The van der Waals surface area contributed by atoms with Crippen molar-refractivity contribution >= 4 is 5.96 Å². The Bertz CT molecular complexity index is 383. The summed E-state index contributed by atoms with van der Waals surface area (Å²) in [6.45, 7) is 8.31. The van der Waals surface area contributed by atoms with E-state index >= 15 is 0 Å². The van der Waals surface area contributed by atoms with Crippen LogP contribution in [0.1, 0.15) is 30.7 Å². The fourth-order valence-electron chi connectivity index (χ4n) is 1.43. The van der Waals surface area contributed by atoms with E-state index in [1.54, 1.807) is 0 Å². The highest BCUT2D eigenvalue weighted by Crippen LogP contribution is 2.08. The molecule has 1 aromatic rings. The van der Waals surface area contributed by atoms with E-state index in [4.69, 9.17) is 15.0 Å². The van der Waals surface area contributed by atoms with Gasteiger partial charge in [-0.2, -0.15) is 0 Å². The Morgan fingerprint density at radius 3 is 2.84 bits per heavy atom. The molecule has 0 saturated carbocycles. The van der Waals surface area contributed by atoms with Crippen LogP contribution in [0.25, 0.3) is 0 Å². The monoisotopic (exact) mass is 269 g/mol. The van der Waals surface area contributed by atoms with Gasteiger partial charge in [0.15, 0.2) is 0 Å². The maximum atomic E-state index is 5.43. The van der Waals surface area contributed by atoms with Crippen LogP contribution in [0.15, 0.2) is 9.41 Å². The lowest BCUT2D eigenvalue weighted by atomic mass is 10.4. The van der Waals surface area contributed by atoms with E-state index in [9.17, 15) is 0 Å². The number of nitrogens with one attached hydrogen (secondary N) is 2. The van der Waals surface area contributed by atoms with Gasteiger partial charge in [0, 0.05) is 19.8 Å². The quantitative estimate of drug-likeness (QED) is 0.221. The summed E-state index contributed by atoms with van der Waals surface area (Å²) in [6, 6.07) is 0. The van der Waals surface area contributed by atoms with Crippen LogP contribution >= 0.6 is 0 Å². The molecule has 1 aromatic heterocycles. The van der Waals surface area contributed by atoms with Gasteiger partial charge in [-0.1, -0.05) is 0 Å². The largest absolute Gasteiger partial charge is 0.444 e. The van der Waals surface area contributed by atoms with Crippen molar-refractivity contribution in [3.05, 3.63) is 17.3 Å². The van der Waals surface area contributed by atoms with E-state index in [2.05, 4.69) is 20.7 Å². The molecule has 0 fully saturated rings. The SMILES string of the molecule is CCOCCCNC(=NCc1nc(C)c(C)o1)NN. The van der Waals surface area contributed by atoms with Gasteiger partial charge >= 0.3 is 0 Å². The predicted molar refractivity (Wildman–Crippen MR) is 73.6 cm³/mol. The lowest BCUT2D eigenvalue weighted by Gasteiger charge is -2.08. The van der Waals surface area contributed by atoms with Gasteiger partial charge in [-0.15, -0.1) is 0 Å². The summed E-state index contributed by atoms with van der Waals surface area (Å²) in [5.41, 5.74) is 3.40. The first-order valence-corrected chi connectivity index (χ1v) is 6.43. The van der Waals surface area contributed by atoms with Crippen LogP contribution < -0.4 is 16.6 Å². The molecule has 108 valence electrons. The predicted octanol–water partition coefficient (Wildman–Crippen LogP) is 0.627. The van der Waals surface area contributed by atoms with Crippen LogP contribution in [0.5, 0.6) is 0 Å². The number of aromatic nitrogens is 1. The summed E-state index contributed by atoms with van der Waals surface area (Å²) in [5.74, 6) is 7.30. The van der Waals surface area contributed by atoms with E-state index < -0.39 is 0 Å². The van der Waals surface area contributed by atoms with Crippen molar-refractivity contribution in [1.29, 1.82) is 0 Å². The Balaban J connectivity index is 2.35. The van der Waals surface area contributed by atoms with Crippen molar-refractivity contribution in [2.24, 2.45) is 10.8 Å². The van der Waals surface area contributed by atoms with Gasteiger partial charge in [0.05, 0.1) is 5.69 Å².